The van der Waals surface area contributed by atoms with E-state index in [-0.39, 0.29) is 6.47 Å². The van der Waals surface area contributed by atoms with Crippen molar-refractivity contribution in [3.63, 3.8) is 0 Å². The molecule has 3 heteroatoms. The first-order valence-corrected chi connectivity index (χ1v) is 4.43. The van der Waals surface area contributed by atoms with Crippen molar-refractivity contribution in [2.45, 2.75) is 0 Å². The van der Waals surface area contributed by atoms with Crippen molar-refractivity contribution >= 4 is 6.47 Å². The lowest BCUT2D eigenvalue weighted by molar-refractivity contribution is -0.122. The molecule has 0 unspecified atom stereocenters. The summed E-state index contributed by atoms with van der Waals surface area (Å²) in [6, 6.07) is 16.1. The summed E-state index contributed by atoms with van der Waals surface area (Å²) in [6.45, 7) is -0.250. The second-order valence-corrected chi connectivity index (χ2v) is 2.69. The lowest BCUT2D eigenvalue weighted by Crippen LogP contribution is -1.79. The van der Waals surface area contributed by atoms with E-state index in [4.69, 9.17) is 9.90 Å². The number of carboxylic acid groups (broad SMARTS) is 1. The smallest absolute Gasteiger partial charge is 0.290 e. The highest BCUT2D eigenvalue weighted by atomic mass is 16.3. The van der Waals surface area contributed by atoms with Gasteiger partial charge in [0.1, 0.15) is 0 Å². The monoisotopic (exact) mass is 201 g/mol. The Morgan fingerprint density at radius 2 is 1.60 bits per heavy atom. The van der Waals surface area contributed by atoms with Crippen LogP contribution in [-0.2, 0) is 4.79 Å². The summed E-state index contributed by atoms with van der Waals surface area (Å²) in [5.74, 6) is 0. The molecule has 1 aromatic heterocycles. The second kappa shape index (κ2) is 6.32. The summed E-state index contributed by atoms with van der Waals surface area (Å²) >= 11 is 0. The van der Waals surface area contributed by atoms with Gasteiger partial charge in [0.2, 0.25) is 0 Å². The standard InChI is InChI=1S/C11H9N.CH2O2/c1-2-6-10(7-3-1)11-8-4-5-9-12-11;2-1-3/h1-9H;1H,(H,2,3). The van der Waals surface area contributed by atoms with Crippen LogP contribution in [0.1, 0.15) is 0 Å². The lowest BCUT2D eigenvalue weighted by Gasteiger charge is -1.97. The highest BCUT2D eigenvalue weighted by Gasteiger charge is 1.93. The third kappa shape index (κ3) is 3.60. The quantitative estimate of drug-likeness (QED) is 0.721. The molecule has 76 valence electrons. The molecule has 0 atom stereocenters. The maximum Gasteiger partial charge on any atom is 0.290 e. The topological polar surface area (TPSA) is 50.2 Å². The molecule has 0 aliphatic carbocycles. The average molecular weight is 201 g/mol. The zero-order valence-electron chi connectivity index (χ0n) is 8.08. The largest absolute Gasteiger partial charge is 0.483 e. The van der Waals surface area contributed by atoms with Gasteiger partial charge in [0.25, 0.3) is 6.47 Å². The maximum absolute atomic E-state index is 8.36. The van der Waals surface area contributed by atoms with Crippen LogP contribution in [0.2, 0.25) is 0 Å². The highest BCUT2D eigenvalue weighted by Crippen LogP contribution is 2.14. The Kier molecular flexibility index (Phi) is 4.60. The fourth-order valence-corrected chi connectivity index (χ4v) is 1.14. The molecule has 0 amide bonds. The zero-order chi connectivity index (χ0) is 10.9. The van der Waals surface area contributed by atoms with Gasteiger partial charge in [0, 0.05) is 11.8 Å². The molecule has 0 spiro atoms. The predicted octanol–water partition coefficient (Wildman–Crippen LogP) is 2.45. The van der Waals surface area contributed by atoms with Gasteiger partial charge >= 0.3 is 0 Å². The second-order valence-electron chi connectivity index (χ2n) is 2.69. The van der Waals surface area contributed by atoms with Crippen LogP contribution < -0.4 is 0 Å². The van der Waals surface area contributed by atoms with E-state index in [1.165, 1.54) is 0 Å². The van der Waals surface area contributed by atoms with Crippen LogP contribution >= 0.6 is 0 Å². The first kappa shape index (κ1) is 10.9. The molecule has 0 saturated heterocycles. The van der Waals surface area contributed by atoms with E-state index in [1.54, 1.807) is 0 Å². The van der Waals surface area contributed by atoms with Crippen molar-refractivity contribution in [2.75, 3.05) is 0 Å². The van der Waals surface area contributed by atoms with Crippen molar-refractivity contribution in [1.82, 2.24) is 4.98 Å². The Morgan fingerprint density at radius 1 is 1.00 bits per heavy atom. The van der Waals surface area contributed by atoms with E-state index in [0.717, 1.165) is 11.3 Å². The minimum atomic E-state index is -0.250. The Hall–Kier alpha value is -2.16. The fourth-order valence-electron chi connectivity index (χ4n) is 1.14. The van der Waals surface area contributed by atoms with Crippen molar-refractivity contribution < 1.29 is 9.90 Å². The number of hydrogen-bond donors (Lipinski definition) is 1. The molecule has 3 nitrogen and oxygen atoms in total. The first-order chi connectivity index (χ1) is 7.38. The van der Waals surface area contributed by atoms with Crippen LogP contribution in [0, 0.1) is 0 Å². The number of carbonyl (C=O) groups is 1. The van der Waals surface area contributed by atoms with Crippen LogP contribution in [0.4, 0.5) is 0 Å². The minimum absolute atomic E-state index is 0.250. The summed E-state index contributed by atoms with van der Waals surface area (Å²) in [7, 11) is 0. The predicted molar refractivity (Wildman–Crippen MR) is 58.4 cm³/mol. The van der Waals surface area contributed by atoms with E-state index in [2.05, 4.69) is 17.1 Å². The van der Waals surface area contributed by atoms with Crippen molar-refractivity contribution in [3.8, 4) is 11.3 Å². The van der Waals surface area contributed by atoms with Gasteiger partial charge in [-0.1, -0.05) is 36.4 Å². The van der Waals surface area contributed by atoms with Crippen molar-refractivity contribution in [2.24, 2.45) is 0 Å². The van der Waals surface area contributed by atoms with Crippen molar-refractivity contribution in [3.05, 3.63) is 54.7 Å². The fraction of sp³-hybridized carbons (Fsp3) is 0. The van der Waals surface area contributed by atoms with Gasteiger partial charge in [-0.3, -0.25) is 9.78 Å². The van der Waals surface area contributed by atoms with E-state index in [9.17, 15) is 0 Å². The molecule has 0 fully saturated rings. The molecule has 0 bridgehead atoms. The third-order valence-corrected chi connectivity index (χ3v) is 1.73. The Labute approximate surface area is 88.0 Å². The molecule has 0 radical (unpaired) electrons. The Morgan fingerprint density at radius 3 is 2.13 bits per heavy atom. The van der Waals surface area contributed by atoms with E-state index >= 15 is 0 Å². The molecular weight excluding hydrogens is 190 g/mol. The molecular formula is C12H11NO2. The lowest BCUT2D eigenvalue weighted by atomic mass is 10.1. The number of pyridine rings is 1. The molecule has 0 saturated carbocycles. The van der Waals surface area contributed by atoms with Crippen molar-refractivity contribution in [1.29, 1.82) is 0 Å². The summed E-state index contributed by atoms with van der Waals surface area (Å²) in [4.78, 5) is 12.6. The molecule has 1 N–H and O–H groups in total. The van der Waals surface area contributed by atoms with Crippen LogP contribution in [0.5, 0.6) is 0 Å². The minimum Gasteiger partial charge on any atom is -0.483 e. The van der Waals surface area contributed by atoms with Crippen LogP contribution in [-0.4, -0.2) is 16.6 Å². The zero-order valence-corrected chi connectivity index (χ0v) is 8.08. The van der Waals surface area contributed by atoms with E-state index in [0.29, 0.717) is 0 Å². The van der Waals surface area contributed by atoms with E-state index in [1.807, 2.05) is 42.6 Å². The maximum atomic E-state index is 8.36. The number of aromatic nitrogens is 1. The van der Waals surface area contributed by atoms with Gasteiger partial charge in [-0.15, -0.1) is 0 Å². The van der Waals surface area contributed by atoms with Gasteiger partial charge in [-0.05, 0) is 12.1 Å². The summed E-state index contributed by atoms with van der Waals surface area (Å²) in [5.41, 5.74) is 2.19. The number of hydrogen-bond acceptors (Lipinski definition) is 2. The molecule has 2 aromatic rings. The van der Waals surface area contributed by atoms with Gasteiger partial charge in [0.15, 0.2) is 0 Å². The Balaban J connectivity index is 0.000000337. The van der Waals surface area contributed by atoms with Crippen LogP contribution in [0.25, 0.3) is 11.3 Å². The number of benzene rings is 1. The molecule has 15 heavy (non-hydrogen) atoms. The van der Waals surface area contributed by atoms with Crippen LogP contribution in [0.15, 0.2) is 54.7 Å². The molecule has 0 aliphatic heterocycles. The van der Waals surface area contributed by atoms with Gasteiger partial charge in [-0.25, -0.2) is 0 Å². The van der Waals surface area contributed by atoms with Gasteiger partial charge in [0.05, 0.1) is 5.69 Å². The number of nitrogens with zero attached hydrogens (tertiary/aromatic N) is 1. The van der Waals surface area contributed by atoms with Crippen LogP contribution in [0.3, 0.4) is 0 Å². The molecule has 1 aromatic carbocycles. The SMILES string of the molecule is O=CO.c1ccc(-c2ccccn2)cc1. The molecule has 0 aliphatic rings. The first-order valence-electron chi connectivity index (χ1n) is 4.43. The van der Waals surface area contributed by atoms with Gasteiger partial charge < -0.3 is 5.11 Å². The average Bonchev–Trinajstić information content (AvgIpc) is 2.32. The van der Waals surface area contributed by atoms with Gasteiger partial charge in [-0.2, -0.15) is 0 Å². The highest BCUT2D eigenvalue weighted by molar-refractivity contribution is 5.58. The third-order valence-electron chi connectivity index (χ3n) is 1.73. The normalized spacial score (nSPS) is 8.53. The molecule has 2 rings (SSSR count). The van der Waals surface area contributed by atoms with E-state index < -0.39 is 0 Å². The summed E-state index contributed by atoms with van der Waals surface area (Å²) in [5, 5.41) is 6.89. The summed E-state index contributed by atoms with van der Waals surface area (Å²) in [6.07, 6.45) is 1.81. The molecule has 1 heterocycles. The number of rotatable bonds is 1. The Bertz CT molecular complexity index is 349. The summed E-state index contributed by atoms with van der Waals surface area (Å²) < 4.78 is 0.